The predicted octanol–water partition coefficient (Wildman–Crippen LogP) is 2.89. The maximum atomic E-state index is 12.5. The van der Waals surface area contributed by atoms with Crippen molar-refractivity contribution < 1.29 is 4.79 Å². The molecule has 1 aliphatic rings. The van der Waals surface area contributed by atoms with Gasteiger partial charge in [0.05, 0.1) is 6.42 Å². The quantitative estimate of drug-likeness (QED) is 0.790. The van der Waals surface area contributed by atoms with Crippen molar-refractivity contribution in [1.82, 2.24) is 4.57 Å². The minimum Gasteiger partial charge on any atom is -0.310 e. The molecule has 1 heterocycles. The molecule has 1 aromatic rings. The topological polar surface area (TPSA) is 39.1 Å². The average Bonchev–Trinajstić information content (AvgIpc) is 2.77. The summed E-state index contributed by atoms with van der Waals surface area (Å²) in [5.41, 5.74) is 2.36. The summed E-state index contributed by atoms with van der Waals surface area (Å²) >= 11 is 5.42. The van der Waals surface area contributed by atoms with E-state index in [2.05, 4.69) is 0 Å². The largest absolute Gasteiger partial charge is 0.310 e. The molecule has 0 radical (unpaired) electrons. The van der Waals surface area contributed by atoms with Crippen LogP contribution in [-0.4, -0.2) is 9.81 Å². The zero-order valence-electron chi connectivity index (χ0n) is 10.8. The van der Waals surface area contributed by atoms with Gasteiger partial charge in [0, 0.05) is 17.3 Å². The number of aryl methyl sites for hydroxylation is 2. The Morgan fingerprint density at radius 1 is 1.39 bits per heavy atom. The fraction of sp³-hybridized carbons (Fsp3) is 0.571. The molecular formula is C14H18ClNO2. The molecule has 0 amide bonds. The summed E-state index contributed by atoms with van der Waals surface area (Å²) < 4.78 is 1.86. The van der Waals surface area contributed by atoms with E-state index in [0.29, 0.717) is 11.6 Å². The van der Waals surface area contributed by atoms with Crippen LogP contribution in [-0.2, 0) is 11.2 Å². The fourth-order valence-corrected chi connectivity index (χ4v) is 3.05. The van der Waals surface area contributed by atoms with Crippen LogP contribution in [0.1, 0.15) is 48.5 Å². The highest BCUT2D eigenvalue weighted by molar-refractivity contribution is 6.63. The van der Waals surface area contributed by atoms with Gasteiger partial charge in [0.15, 0.2) is 0 Å². The molecule has 0 atom stereocenters. The van der Waals surface area contributed by atoms with Crippen LogP contribution in [0.3, 0.4) is 0 Å². The Morgan fingerprint density at radius 3 is 2.56 bits per heavy atom. The van der Waals surface area contributed by atoms with Crippen molar-refractivity contribution >= 4 is 16.8 Å². The lowest BCUT2D eigenvalue weighted by molar-refractivity contribution is -0.111. The summed E-state index contributed by atoms with van der Waals surface area (Å²) in [7, 11) is 0. The molecule has 3 nitrogen and oxygen atoms in total. The number of aromatic nitrogens is 1. The number of carbonyl (C=O) groups is 1. The summed E-state index contributed by atoms with van der Waals surface area (Å²) in [5.74, 6) is 0. The molecule has 0 bridgehead atoms. The van der Waals surface area contributed by atoms with E-state index in [1.54, 1.807) is 0 Å². The first-order valence-electron chi connectivity index (χ1n) is 6.40. The van der Waals surface area contributed by atoms with Crippen LogP contribution in [0, 0.1) is 13.8 Å². The van der Waals surface area contributed by atoms with Gasteiger partial charge in [0.2, 0.25) is 5.24 Å². The van der Waals surface area contributed by atoms with Crippen LogP contribution in [0.15, 0.2) is 10.9 Å². The van der Waals surface area contributed by atoms with E-state index >= 15 is 0 Å². The van der Waals surface area contributed by atoms with E-state index in [-0.39, 0.29) is 12.0 Å². The van der Waals surface area contributed by atoms with Crippen LogP contribution in [0.2, 0.25) is 0 Å². The molecule has 1 aromatic heterocycles. The van der Waals surface area contributed by atoms with Gasteiger partial charge in [-0.15, -0.1) is 0 Å². The van der Waals surface area contributed by atoms with Crippen molar-refractivity contribution in [2.24, 2.45) is 0 Å². The lowest BCUT2D eigenvalue weighted by atomic mass is 10.1. The molecule has 0 saturated heterocycles. The van der Waals surface area contributed by atoms with Gasteiger partial charge in [-0.1, -0.05) is 12.8 Å². The Morgan fingerprint density at radius 2 is 2.00 bits per heavy atom. The van der Waals surface area contributed by atoms with Crippen molar-refractivity contribution in [3.63, 3.8) is 0 Å². The van der Waals surface area contributed by atoms with Gasteiger partial charge in [0.25, 0.3) is 5.56 Å². The minimum absolute atomic E-state index is 0.0270. The van der Waals surface area contributed by atoms with E-state index in [1.807, 2.05) is 24.5 Å². The Kier molecular flexibility index (Phi) is 3.91. The maximum absolute atomic E-state index is 12.5. The zero-order valence-corrected chi connectivity index (χ0v) is 11.6. The Hall–Kier alpha value is -1.09. The normalized spacial score (nSPS) is 16.2. The SMILES string of the molecule is Cc1cc(C)n(C2CCCC2)c(=O)c1CC(=O)Cl. The van der Waals surface area contributed by atoms with Crippen LogP contribution in [0.4, 0.5) is 0 Å². The highest BCUT2D eigenvalue weighted by atomic mass is 35.5. The smallest absolute Gasteiger partial charge is 0.254 e. The van der Waals surface area contributed by atoms with Crippen molar-refractivity contribution in [2.45, 2.75) is 52.0 Å². The Labute approximate surface area is 112 Å². The van der Waals surface area contributed by atoms with Crippen molar-refractivity contribution in [3.05, 3.63) is 33.2 Å². The third-order valence-corrected chi connectivity index (χ3v) is 3.90. The first-order valence-corrected chi connectivity index (χ1v) is 6.78. The molecule has 1 saturated carbocycles. The number of nitrogens with zero attached hydrogens (tertiary/aromatic N) is 1. The molecule has 0 aliphatic heterocycles. The summed E-state index contributed by atoms with van der Waals surface area (Å²) in [6, 6.07) is 2.27. The lowest BCUT2D eigenvalue weighted by Crippen LogP contribution is -2.30. The standard InChI is InChI=1S/C14H18ClNO2/c1-9-7-10(2)16(11-5-3-4-6-11)14(18)12(9)8-13(15)17/h7,11H,3-6,8H2,1-2H3. The Bertz CT molecular complexity index is 527. The second-order valence-corrected chi connectivity index (χ2v) is 5.51. The van der Waals surface area contributed by atoms with Gasteiger partial charge in [0.1, 0.15) is 0 Å². The fourth-order valence-electron chi connectivity index (χ4n) is 2.91. The zero-order chi connectivity index (χ0) is 13.3. The maximum Gasteiger partial charge on any atom is 0.254 e. The summed E-state index contributed by atoms with van der Waals surface area (Å²) in [5, 5.41) is -0.475. The van der Waals surface area contributed by atoms with Gasteiger partial charge in [-0.25, -0.2) is 0 Å². The third kappa shape index (κ3) is 2.51. The average molecular weight is 268 g/mol. The van der Waals surface area contributed by atoms with Crippen LogP contribution < -0.4 is 5.56 Å². The summed E-state index contributed by atoms with van der Waals surface area (Å²) in [4.78, 5) is 23.5. The van der Waals surface area contributed by atoms with Crippen molar-refractivity contribution in [1.29, 1.82) is 0 Å². The first-order chi connectivity index (χ1) is 8.50. The Balaban J connectivity index is 2.52. The molecule has 1 fully saturated rings. The van der Waals surface area contributed by atoms with E-state index in [0.717, 1.165) is 24.1 Å². The monoisotopic (exact) mass is 267 g/mol. The van der Waals surface area contributed by atoms with Gasteiger partial charge in [-0.2, -0.15) is 0 Å². The number of pyridine rings is 1. The highest BCUT2D eigenvalue weighted by Crippen LogP contribution is 2.29. The molecule has 18 heavy (non-hydrogen) atoms. The molecular weight excluding hydrogens is 250 g/mol. The predicted molar refractivity (Wildman–Crippen MR) is 72.2 cm³/mol. The van der Waals surface area contributed by atoms with Crippen molar-refractivity contribution in [2.75, 3.05) is 0 Å². The highest BCUT2D eigenvalue weighted by Gasteiger charge is 2.22. The lowest BCUT2D eigenvalue weighted by Gasteiger charge is -2.19. The molecule has 1 aliphatic carbocycles. The molecule has 0 unspecified atom stereocenters. The number of rotatable bonds is 3. The first kappa shape index (κ1) is 13.3. The van der Waals surface area contributed by atoms with E-state index in [1.165, 1.54) is 12.8 Å². The number of halogens is 1. The van der Waals surface area contributed by atoms with Gasteiger partial charge in [-0.3, -0.25) is 9.59 Å². The molecule has 0 N–H and O–H groups in total. The number of hydrogen-bond acceptors (Lipinski definition) is 2. The molecule has 4 heteroatoms. The van der Waals surface area contributed by atoms with E-state index < -0.39 is 5.24 Å². The van der Waals surface area contributed by atoms with Crippen molar-refractivity contribution in [3.8, 4) is 0 Å². The molecule has 98 valence electrons. The van der Waals surface area contributed by atoms with Crippen LogP contribution in [0.5, 0.6) is 0 Å². The van der Waals surface area contributed by atoms with Crippen LogP contribution >= 0.6 is 11.6 Å². The second-order valence-electron chi connectivity index (χ2n) is 5.09. The van der Waals surface area contributed by atoms with E-state index in [9.17, 15) is 9.59 Å². The van der Waals surface area contributed by atoms with Crippen LogP contribution in [0.25, 0.3) is 0 Å². The summed E-state index contributed by atoms with van der Waals surface area (Å²) in [6.07, 6.45) is 4.48. The van der Waals surface area contributed by atoms with Gasteiger partial charge in [-0.05, 0) is 49.9 Å². The molecule has 0 aromatic carbocycles. The number of carbonyl (C=O) groups excluding carboxylic acids is 1. The van der Waals surface area contributed by atoms with Gasteiger partial charge < -0.3 is 4.57 Å². The van der Waals surface area contributed by atoms with Gasteiger partial charge >= 0.3 is 0 Å². The second kappa shape index (κ2) is 5.27. The molecule has 2 rings (SSSR count). The number of hydrogen-bond donors (Lipinski definition) is 0. The third-order valence-electron chi connectivity index (χ3n) is 3.76. The van der Waals surface area contributed by atoms with E-state index in [4.69, 9.17) is 11.6 Å². The summed E-state index contributed by atoms with van der Waals surface area (Å²) in [6.45, 7) is 3.82. The minimum atomic E-state index is -0.475. The molecule has 0 spiro atoms.